The first-order valence-corrected chi connectivity index (χ1v) is 8.83. The fraction of sp³-hybridized carbons (Fsp3) is 0.615. The van der Waals surface area contributed by atoms with Crippen LogP contribution in [0.2, 0.25) is 0 Å². The van der Waals surface area contributed by atoms with Gasteiger partial charge in [-0.1, -0.05) is 0 Å². The van der Waals surface area contributed by atoms with Crippen LogP contribution in [-0.4, -0.2) is 44.9 Å². The van der Waals surface area contributed by atoms with E-state index >= 15 is 0 Å². The number of anilines is 1. The number of halogens is 3. The Balaban J connectivity index is 1.91. The molecule has 0 unspecified atom stereocenters. The van der Waals surface area contributed by atoms with Crippen molar-refractivity contribution >= 4 is 15.7 Å². The quantitative estimate of drug-likeness (QED) is 0.843. The molecule has 0 aromatic carbocycles. The van der Waals surface area contributed by atoms with Crippen LogP contribution in [0, 0.1) is 5.92 Å². The number of hydrogen-bond acceptors (Lipinski definition) is 5. The molecule has 124 valence electrons. The minimum atomic E-state index is -4.73. The molecule has 0 radical (unpaired) electrons. The summed E-state index contributed by atoms with van der Waals surface area (Å²) in [5.74, 6) is 0.502. The van der Waals surface area contributed by atoms with Crippen LogP contribution in [0.1, 0.15) is 12.8 Å². The van der Waals surface area contributed by atoms with E-state index in [-0.39, 0.29) is 17.4 Å². The molecule has 1 aliphatic rings. The average Bonchev–Trinajstić information content (AvgIpc) is 2.37. The molecule has 0 amide bonds. The van der Waals surface area contributed by atoms with Crippen molar-refractivity contribution in [3.05, 3.63) is 18.3 Å². The van der Waals surface area contributed by atoms with Gasteiger partial charge in [-0.2, -0.15) is 0 Å². The summed E-state index contributed by atoms with van der Waals surface area (Å²) in [7, 11) is -2.99. The van der Waals surface area contributed by atoms with Crippen LogP contribution in [0.25, 0.3) is 0 Å². The SMILES string of the molecule is CS(=O)(=O)CC1CCN(c2ccc(OC(F)(F)F)cn2)CC1. The molecular weight excluding hydrogens is 321 g/mol. The molecule has 1 aromatic rings. The molecule has 1 aliphatic heterocycles. The van der Waals surface area contributed by atoms with Crippen molar-refractivity contribution in [2.45, 2.75) is 19.2 Å². The van der Waals surface area contributed by atoms with Crippen molar-refractivity contribution in [3.63, 3.8) is 0 Å². The monoisotopic (exact) mass is 338 g/mol. The molecule has 5 nitrogen and oxygen atoms in total. The van der Waals surface area contributed by atoms with Gasteiger partial charge >= 0.3 is 6.36 Å². The van der Waals surface area contributed by atoms with Gasteiger partial charge in [0.15, 0.2) is 0 Å². The largest absolute Gasteiger partial charge is 0.573 e. The standard InChI is InChI=1S/C13H17F3N2O3S/c1-22(19,20)9-10-4-6-18(7-5-10)12-3-2-11(8-17-12)21-13(14,15)16/h2-3,8,10H,4-7,9H2,1H3. The summed E-state index contributed by atoms with van der Waals surface area (Å²) < 4.78 is 62.5. The van der Waals surface area contributed by atoms with Gasteiger partial charge in [0.2, 0.25) is 0 Å². The summed E-state index contributed by atoms with van der Waals surface area (Å²) in [5.41, 5.74) is 0. The maximum Gasteiger partial charge on any atom is 0.573 e. The Morgan fingerprint density at radius 1 is 1.32 bits per heavy atom. The molecule has 2 rings (SSSR count). The predicted molar refractivity (Wildman–Crippen MR) is 75.6 cm³/mol. The molecule has 22 heavy (non-hydrogen) atoms. The second-order valence-electron chi connectivity index (χ2n) is 5.42. The summed E-state index contributed by atoms with van der Waals surface area (Å²) in [6.45, 7) is 1.26. The third-order valence-electron chi connectivity index (χ3n) is 3.43. The van der Waals surface area contributed by atoms with E-state index in [1.54, 1.807) is 0 Å². The van der Waals surface area contributed by atoms with Crippen LogP contribution in [0.5, 0.6) is 5.75 Å². The van der Waals surface area contributed by atoms with E-state index in [4.69, 9.17) is 0 Å². The van der Waals surface area contributed by atoms with Crippen LogP contribution in [0.4, 0.5) is 19.0 Å². The number of piperidine rings is 1. The zero-order chi connectivity index (χ0) is 16.4. The van der Waals surface area contributed by atoms with Crippen LogP contribution < -0.4 is 9.64 Å². The molecule has 0 aliphatic carbocycles. The zero-order valence-corrected chi connectivity index (χ0v) is 12.8. The normalized spacial score (nSPS) is 17.5. The summed E-state index contributed by atoms with van der Waals surface area (Å²) in [5, 5.41) is 0. The first kappa shape index (κ1) is 16.9. The molecule has 1 aromatic heterocycles. The lowest BCUT2D eigenvalue weighted by Crippen LogP contribution is -2.36. The first-order chi connectivity index (χ1) is 10.1. The minimum absolute atomic E-state index is 0.124. The van der Waals surface area contributed by atoms with Gasteiger partial charge in [0, 0.05) is 19.3 Å². The summed E-state index contributed by atoms with van der Waals surface area (Å²) >= 11 is 0. The molecule has 0 bridgehead atoms. The van der Waals surface area contributed by atoms with E-state index in [0.717, 1.165) is 19.0 Å². The highest BCUT2D eigenvalue weighted by molar-refractivity contribution is 7.90. The van der Waals surface area contributed by atoms with Gasteiger partial charge in [-0.05, 0) is 30.9 Å². The fourth-order valence-corrected chi connectivity index (χ4v) is 3.70. The first-order valence-electron chi connectivity index (χ1n) is 6.77. The third-order valence-corrected chi connectivity index (χ3v) is 4.51. The number of pyridine rings is 1. The Labute approximate surface area is 127 Å². The van der Waals surface area contributed by atoms with Crippen molar-refractivity contribution in [1.29, 1.82) is 0 Å². The van der Waals surface area contributed by atoms with Crippen LogP contribution in [-0.2, 0) is 9.84 Å². The van der Waals surface area contributed by atoms with E-state index in [0.29, 0.717) is 18.9 Å². The lowest BCUT2D eigenvalue weighted by atomic mass is 9.99. The summed E-state index contributed by atoms with van der Waals surface area (Å²) in [6, 6.07) is 2.69. The Morgan fingerprint density at radius 2 is 1.95 bits per heavy atom. The van der Waals surface area contributed by atoms with Crippen molar-refractivity contribution in [3.8, 4) is 5.75 Å². The predicted octanol–water partition coefficient (Wildman–Crippen LogP) is 2.24. The number of nitrogens with zero attached hydrogens (tertiary/aromatic N) is 2. The van der Waals surface area contributed by atoms with Gasteiger partial charge in [0.05, 0.1) is 11.9 Å². The van der Waals surface area contributed by atoms with Gasteiger partial charge in [-0.3, -0.25) is 0 Å². The lowest BCUT2D eigenvalue weighted by molar-refractivity contribution is -0.274. The van der Waals surface area contributed by atoms with Gasteiger partial charge in [0.1, 0.15) is 21.4 Å². The van der Waals surface area contributed by atoms with Crippen molar-refractivity contribution < 1.29 is 26.3 Å². The van der Waals surface area contributed by atoms with Crippen molar-refractivity contribution in [2.75, 3.05) is 30.0 Å². The maximum absolute atomic E-state index is 12.1. The lowest BCUT2D eigenvalue weighted by Gasteiger charge is -2.32. The van der Waals surface area contributed by atoms with Crippen molar-refractivity contribution in [2.24, 2.45) is 5.92 Å². The molecule has 1 saturated heterocycles. The Bertz CT molecular complexity index is 594. The van der Waals surface area contributed by atoms with E-state index in [2.05, 4.69) is 9.72 Å². The maximum atomic E-state index is 12.1. The zero-order valence-electron chi connectivity index (χ0n) is 12.0. The third kappa shape index (κ3) is 5.36. The van der Waals surface area contributed by atoms with Crippen LogP contribution in [0.15, 0.2) is 18.3 Å². The highest BCUT2D eigenvalue weighted by atomic mass is 32.2. The number of ether oxygens (including phenoxy) is 1. The highest BCUT2D eigenvalue weighted by Gasteiger charge is 2.31. The van der Waals surface area contributed by atoms with Gasteiger partial charge in [-0.25, -0.2) is 13.4 Å². The van der Waals surface area contributed by atoms with Gasteiger partial charge in [0.25, 0.3) is 0 Å². The van der Waals surface area contributed by atoms with E-state index < -0.39 is 16.2 Å². The Kier molecular flexibility index (Phi) is 4.84. The second-order valence-corrected chi connectivity index (χ2v) is 7.61. The second kappa shape index (κ2) is 6.31. The molecule has 9 heteroatoms. The smallest absolute Gasteiger partial charge is 0.404 e. The highest BCUT2D eigenvalue weighted by Crippen LogP contribution is 2.26. The summed E-state index contributed by atoms with van der Waals surface area (Å²) in [4.78, 5) is 5.90. The molecule has 0 N–H and O–H groups in total. The fourth-order valence-electron chi connectivity index (χ4n) is 2.51. The average molecular weight is 338 g/mol. The Hall–Kier alpha value is -1.51. The molecule has 1 fully saturated rings. The van der Waals surface area contributed by atoms with Crippen LogP contribution in [0.3, 0.4) is 0 Å². The topological polar surface area (TPSA) is 59.5 Å². The Morgan fingerprint density at radius 3 is 2.41 bits per heavy atom. The molecular formula is C13H17F3N2O3S. The number of sulfone groups is 1. The van der Waals surface area contributed by atoms with E-state index in [1.807, 2.05) is 4.90 Å². The van der Waals surface area contributed by atoms with E-state index in [9.17, 15) is 21.6 Å². The molecule has 0 saturated carbocycles. The van der Waals surface area contributed by atoms with Crippen molar-refractivity contribution in [1.82, 2.24) is 4.98 Å². The molecule has 0 spiro atoms. The minimum Gasteiger partial charge on any atom is -0.404 e. The van der Waals surface area contributed by atoms with Crippen LogP contribution >= 0.6 is 0 Å². The summed E-state index contributed by atoms with van der Waals surface area (Å²) in [6.07, 6.45) is -1.04. The number of rotatable bonds is 4. The molecule has 0 atom stereocenters. The number of alkyl halides is 3. The molecule has 2 heterocycles. The van der Waals surface area contributed by atoms with Gasteiger partial charge in [-0.15, -0.1) is 13.2 Å². The van der Waals surface area contributed by atoms with E-state index in [1.165, 1.54) is 18.4 Å². The number of aromatic nitrogens is 1. The van der Waals surface area contributed by atoms with Gasteiger partial charge < -0.3 is 9.64 Å². The number of hydrogen-bond donors (Lipinski definition) is 0.